The molecule has 134 valence electrons. The SMILES string of the molecule is Cl.NCc1cc(C(=O)N2CCN(C(=O)c3ccc(Cl)cc3)CC2)co1. The van der Waals surface area contributed by atoms with Gasteiger partial charge in [0.2, 0.25) is 0 Å². The van der Waals surface area contributed by atoms with Crippen LogP contribution in [0.1, 0.15) is 26.5 Å². The number of piperazine rings is 1. The van der Waals surface area contributed by atoms with Gasteiger partial charge in [0, 0.05) is 36.8 Å². The van der Waals surface area contributed by atoms with Gasteiger partial charge in [-0.2, -0.15) is 0 Å². The van der Waals surface area contributed by atoms with Crippen molar-refractivity contribution in [3.8, 4) is 0 Å². The Morgan fingerprint density at radius 2 is 1.52 bits per heavy atom. The van der Waals surface area contributed by atoms with Gasteiger partial charge in [-0.25, -0.2) is 0 Å². The lowest BCUT2D eigenvalue weighted by Gasteiger charge is -2.34. The third kappa shape index (κ3) is 4.34. The molecule has 1 aromatic carbocycles. The minimum absolute atomic E-state index is 0. The molecule has 2 amide bonds. The summed E-state index contributed by atoms with van der Waals surface area (Å²) in [5.41, 5.74) is 6.58. The first-order valence-electron chi connectivity index (χ1n) is 7.70. The number of nitrogens with zero attached hydrogens (tertiary/aromatic N) is 2. The molecular weight excluding hydrogens is 365 g/mol. The number of carbonyl (C=O) groups is 2. The van der Waals surface area contributed by atoms with Crippen LogP contribution < -0.4 is 5.73 Å². The van der Waals surface area contributed by atoms with E-state index >= 15 is 0 Å². The van der Waals surface area contributed by atoms with Gasteiger partial charge in [0.05, 0.1) is 12.1 Å². The maximum Gasteiger partial charge on any atom is 0.257 e. The molecule has 2 N–H and O–H groups in total. The Bertz CT molecular complexity index is 738. The maximum absolute atomic E-state index is 12.5. The number of carbonyl (C=O) groups excluding carboxylic acids is 2. The maximum atomic E-state index is 12.5. The first-order chi connectivity index (χ1) is 11.6. The fourth-order valence-corrected chi connectivity index (χ4v) is 2.80. The lowest BCUT2D eigenvalue weighted by atomic mass is 10.1. The summed E-state index contributed by atoms with van der Waals surface area (Å²) in [5.74, 6) is 0.430. The summed E-state index contributed by atoms with van der Waals surface area (Å²) in [6.45, 7) is 2.23. The Kier molecular flexibility index (Phi) is 6.47. The Labute approximate surface area is 156 Å². The largest absolute Gasteiger partial charge is 0.467 e. The van der Waals surface area contributed by atoms with Crippen molar-refractivity contribution in [2.24, 2.45) is 5.73 Å². The number of rotatable bonds is 3. The molecule has 0 saturated carbocycles. The second-order valence-corrected chi connectivity index (χ2v) is 6.03. The van der Waals surface area contributed by atoms with Gasteiger partial charge in [0.15, 0.2) is 0 Å². The summed E-state index contributed by atoms with van der Waals surface area (Å²) < 4.78 is 5.20. The zero-order valence-corrected chi connectivity index (χ0v) is 15.1. The van der Waals surface area contributed by atoms with Crippen LogP contribution in [0.4, 0.5) is 0 Å². The van der Waals surface area contributed by atoms with Crippen LogP contribution in [0.3, 0.4) is 0 Å². The molecule has 0 spiro atoms. The Balaban J connectivity index is 0.00000225. The van der Waals surface area contributed by atoms with E-state index in [2.05, 4.69) is 0 Å². The molecule has 25 heavy (non-hydrogen) atoms. The minimum Gasteiger partial charge on any atom is -0.467 e. The van der Waals surface area contributed by atoms with Crippen molar-refractivity contribution in [2.75, 3.05) is 26.2 Å². The van der Waals surface area contributed by atoms with E-state index in [9.17, 15) is 9.59 Å². The van der Waals surface area contributed by atoms with Gasteiger partial charge < -0.3 is 20.0 Å². The van der Waals surface area contributed by atoms with E-state index in [1.165, 1.54) is 6.26 Å². The van der Waals surface area contributed by atoms with Gasteiger partial charge in [-0.05, 0) is 30.3 Å². The van der Waals surface area contributed by atoms with Crippen molar-refractivity contribution in [3.63, 3.8) is 0 Å². The first-order valence-corrected chi connectivity index (χ1v) is 8.08. The predicted octanol–water partition coefficient (Wildman–Crippen LogP) is 2.41. The Morgan fingerprint density at radius 3 is 2.00 bits per heavy atom. The van der Waals surface area contributed by atoms with Crippen LogP contribution in [-0.4, -0.2) is 47.8 Å². The number of hydrogen-bond donors (Lipinski definition) is 1. The van der Waals surface area contributed by atoms with Crippen LogP contribution in [0.25, 0.3) is 0 Å². The van der Waals surface area contributed by atoms with Crippen LogP contribution in [0.2, 0.25) is 5.02 Å². The van der Waals surface area contributed by atoms with E-state index in [0.717, 1.165) is 0 Å². The van der Waals surface area contributed by atoms with Crippen LogP contribution in [0.15, 0.2) is 41.0 Å². The van der Waals surface area contributed by atoms with E-state index in [4.69, 9.17) is 21.8 Å². The quantitative estimate of drug-likeness (QED) is 0.882. The lowest BCUT2D eigenvalue weighted by Crippen LogP contribution is -2.50. The molecule has 0 aliphatic carbocycles. The molecule has 1 aromatic heterocycles. The standard InChI is InChI=1S/C17H18ClN3O3.ClH/c18-14-3-1-12(2-4-14)16(22)20-5-7-21(8-6-20)17(23)13-9-15(10-19)24-11-13;/h1-4,9,11H,5-8,10,19H2;1H. The average Bonchev–Trinajstić information content (AvgIpc) is 3.10. The van der Waals surface area contributed by atoms with Gasteiger partial charge in [0.25, 0.3) is 11.8 Å². The molecule has 3 rings (SSSR count). The van der Waals surface area contributed by atoms with Crippen LogP contribution in [-0.2, 0) is 6.54 Å². The molecule has 8 heteroatoms. The minimum atomic E-state index is -0.1000. The number of nitrogens with two attached hydrogens (primary N) is 1. The van der Waals surface area contributed by atoms with Crippen molar-refractivity contribution in [1.29, 1.82) is 0 Å². The van der Waals surface area contributed by atoms with Crippen molar-refractivity contribution in [2.45, 2.75) is 6.54 Å². The summed E-state index contributed by atoms with van der Waals surface area (Å²) in [5, 5.41) is 0.596. The van der Waals surface area contributed by atoms with E-state index in [1.807, 2.05) is 0 Å². The molecule has 2 aromatic rings. The van der Waals surface area contributed by atoms with Gasteiger partial charge >= 0.3 is 0 Å². The molecule has 1 fully saturated rings. The van der Waals surface area contributed by atoms with E-state index < -0.39 is 0 Å². The highest BCUT2D eigenvalue weighted by atomic mass is 35.5. The smallest absolute Gasteiger partial charge is 0.257 e. The van der Waals surface area contributed by atoms with Crippen molar-refractivity contribution >= 4 is 35.8 Å². The lowest BCUT2D eigenvalue weighted by molar-refractivity contribution is 0.0535. The van der Waals surface area contributed by atoms with E-state index in [-0.39, 0.29) is 30.8 Å². The fraction of sp³-hybridized carbons (Fsp3) is 0.294. The van der Waals surface area contributed by atoms with E-state index in [1.54, 1.807) is 40.1 Å². The molecule has 0 unspecified atom stereocenters. The number of amides is 2. The van der Waals surface area contributed by atoms with Crippen LogP contribution in [0.5, 0.6) is 0 Å². The third-order valence-electron chi connectivity index (χ3n) is 4.05. The van der Waals surface area contributed by atoms with Crippen molar-refractivity contribution in [1.82, 2.24) is 9.80 Å². The summed E-state index contributed by atoms with van der Waals surface area (Å²) >= 11 is 5.84. The summed E-state index contributed by atoms with van der Waals surface area (Å²) in [6, 6.07) is 8.47. The molecular formula is C17H19Cl2N3O3. The highest BCUT2D eigenvalue weighted by Gasteiger charge is 2.26. The second-order valence-electron chi connectivity index (χ2n) is 5.60. The first kappa shape index (κ1) is 19.3. The normalized spacial score (nSPS) is 14.2. The van der Waals surface area contributed by atoms with Crippen molar-refractivity contribution < 1.29 is 14.0 Å². The number of benzene rings is 1. The zero-order chi connectivity index (χ0) is 17.1. The summed E-state index contributed by atoms with van der Waals surface area (Å²) in [7, 11) is 0. The highest BCUT2D eigenvalue weighted by molar-refractivity contribution is 6.30. The van der Waals surface area contributed by atoms with Crippen LogP contribution >= 0.6 is 24.0 Å². The van der Waals surface area contributed by atoms with Crippen LogP contribution in [0, 0.1) is 0 Å². The molecule has 0 bridgehead atoms. The Hall–Kier alpha value is -2.02. The monoisotopic (exact) mass is 383 g/mol. The number of hydrogen-bond acceptors (Lipinski definition) is 4. The topological polar surface area (TPSA) is 79.8 Å². The average molecular weight is 384 g/mol. The molecule has 1 saturated heterocycles. The van der Waals surface area contributed by atoms with Gasteiger partial charge in [-0.3, -0.25) is 9.59 Å². The Morgan fingerprint density at radius 1 is 1.00 bits per heavy atom. The molecule has 0 atom stereocenters. The van der Waals surface area contributed by atoms with E-state index in [0.29, 0.717) is 48.1 Å². The summed E-state index contributed by atoms with van der Waals surface area (Å²) in [6.07, 6.45) is 1.43. The predicted molar refractivity (Wildman–Crippen MR) is 97.1 cm³/mol. The number of furan rings is 1. The third-order valence-corrected chi connectivity index (χ3v) is 4.30. The molecule has 1 aliphatic rings. The molecule has 2 heterocycles. The highest BCUT2D eigenvalue weighted by Crippen LogP contribution is 2.15. The van der Waals surface area contributed by atoms with Gasteiger partial charge in [0.1, 0.15) is 12.0 Å². The zero-order valence-electron chi connectivity index (χ0n) is 13.5. The van der Waals surface area contributed by atoms with Crippen molar-refractivity contribution in [3.05, 3.63) is 58.5 Å². The second kappa shape index (κ2) is 8.38. The summed E-state index contributed by atoms with van der Waals surface area (Å²) in [4.78, 5) is 28.3. The number of halogens is 2. The molecule has 1 aliphatic heterocycles. The fourth-order valence-electron chi connectivity index (χ4n) is 2.67. The molecule has 6 nitrogen and oxygen atoms in total. The van der Waals surface area contributed by atoms with Gasteiger partial charge in [-0.15, -0.1) is 12.4 Å². The van der Waals surface area contributed by atoms with Gasteiger partial charge in [-0.1, -0.05) is 11.6 Å². The molecule has 0 radical (unpaired) electrons.